The molecule has 10 heteroatoms. The van der Waals surface area contributed by atoms with Crippen LogP contribution in [0.3, 0.4) is 0 Å². The van der Waals surface area contributed by atoms with Gasteiger partial charge >= 0.3 is 0 Å². The van der Waals surface area contributed by atoms with E-state index in [0.29, 0.717) is 36.3 Å². The van der Waals surface area contributed by atoms with Crippen molar-refractivity contribution in [3.05, 3.63) is 65.1 Å². The van der Waals surface area contributed by atoms with Crippen LogP contribution in [-0.4, -0.2) is 71.4 Å². The fourth-order valence-electron chi connectivity index (χ4n) is 4.71. The lowest BCUT2D eigenvalue weighted by atomic mass is 10.0. The van der Waals surface area contributed by atoms with Gasteiger partial charge in [0, 0.05) is 56.4 Å². The van der Waals surface area contributed by atoms with E-state index in [0.717, 1.165) is 5.56 Å². The molecule has 1 fully saturated rings. The summed E-state index contributed by atoms with van der Waals surface area (Å²) in [6.45, 7) is 5.78. The fourth-order valence-corrected chi connectivity index (χ4v) is 4.71. The van der Waals surface area contributed by atoms with Crippen molar-refractivity contribution in [2.75, 3.05) is 33.1 Å². The molecule has 1 aromatic heterocycles. The zero-order valence-electron chi connectivity index (χ0n) is 20.7. The molecule has 2 aromatic carbocycles. The third-order valence-corrected chi connectivity index (χ3v) is 6.74. The van der Waals surface area contributed by atoms with E-state index in [1.54, 1.807) is 29.2 Å². The van der Waals surface area contributed by atoms with Crippen molar-refractivity contribution < 1.29 is 23.5 Å². The van der Waals surface area contributed by atoms with E-state index in [-0.39, 0.29) is 34.9 Å². The highest BCUT2D eigenvalue weighted by molar-refractivity contribution is 6.45. The van der Waals surface area contributed by atoms with Crippen molar-refractivity contribution in [1.29, 1.82) is 0 Å². The molecule has 1 aliphatic heterocycles. The average Bonchev–Trinajstić information content (AvgIpc) is 3.20. The van der Waals surface area contributed by atoms with E-state index in [9.17, 15) is 18.8 Å². The van der Waals surface area contributed by atoms with Gasteiger partial charge in [-0.15, -0.1) is 0 Å². The fraction of sp³-hybridized carbons (Fsp3) is 0.346. The van der Waals surface area contributed by atoms with Gasteiger partial charge in [0.15, 0.2) is 0 Å². The number of piperazine rings is 1. The topological polar surface area (TPSA) is 110 Å². The third-order valence-electron chi connectivity index (χ3n) is 6.74. The van der Waals surface area contributed by atoms with Gasteiger partial charge in [-0.25, -0.2) is 4.39 Å². The number of hydrogen-bond acceptors (Lipinski definition) is 6. The maximum atomic E-state index is 13.7. The van der Waals surface area contributed by atoms with Crippen molar-refractivity contribution >= 4 is 28.5 Å². The van der Waals surface area contributed by atoms with Crippen LogP contribution in [0.5, 0.6) is 5.75 Å². The number of amides is 2. The van der Waals surface area contributed by atoms with Crippen LogP contribution in [0.2, 0.25) is 0 Å². The molecule has 1 aliphatic rings. The Morgan fingerprint density at radius 3 is 2.42 bits per heavy atom. The number of hydrogen-bond donors (Lipinski definition) is 2. The number of carbonyl (C=O) groups is 3. The van der Waals surface area contributed by atoms with Crippen molar-refractivity contribution in [3.63, 3.8) is 0 Å². The van der Waals surface area contributed by atoms with E-state index in [1.807, 2.05) is 13.8 Å². The number of benzene rings is 2. The van der Waals surface area contributed by atoms with Crippen LogP contribution < -0.4 is 15.9 Å². The molecule has 9 nitrogen and oxygen atoms in total. The number of aromatic nitrogens is 1. The maximum Gasteiger partial charge on any atom is 0.292 e. The lowest BCUT2D eigenvalue weighted by molar-refractivity contribution is -0.116. The summed E-state index contributed by atoms with van der Waals surface area (Å²) in [7, 11) is 2.84. The first-order chi connectivity index (χ1) is 17.1. The summed E-state index contributed by atoms with van der Waals surface area (Å²) < 4.78 is 20.0. The minimum atomic E-state index is -0.772. The monoisotopic (exact) mass is 495 g/mol. The molecule has 190 valence electrons. The number of nitrogens with one attached hydrogen (secondary N) is 1. The van der Waals surface area contributed by atoms with Gasteiger partial charge in [0.05, 0.1) is 23.8 Å². The largest absolute Gasteiger partial charge is 0.496 e. The summed E-state index contributed by atoms with van der Waals surface area (Å²) in [6, 6.07) is 9.55. The van der Waals surface area contributed by atoms with Crippen LogP contribution in [0.15, 0.2) is 42.6 Å². The number of nitrogen functional groups attached to an aromatic ring is 1. The summed E-state index contributed by atoms with van der Waals surface area (Å²) in [5, 5.41) is 2.72. The molecule has 36 heavy (non-hydrogen) atoms. The Morgan fingerprint density at radius 1 is 1.08 bits per heavy atom. The Hall–Kier alpha value is -3.92. The minimum absolute atomic E-state index is 0.0560. The van der Waals surface area contributed by atoms with Crippen LogP contribution in [-0.2, 0) is 11.3 Å². The summed E-state index contributed by atoms with van der Waals surface area (Å²) in [6.07, 6.45) is 1.37. The summed E-state index contributed by atoms with van der Waals surface area (Å²) in [4.78, 5) is 42.4. The first kappa shape index (κ1) is 25.2. The van der Waals surface area contributed by atoms with Crippen molar-refractivity contribution in [2.45, 2.75) is 32.5 Å². The number of nitrogens with two attached hydrogens (primary N) is 1. The van der Waals surface area contributed by atoms with Gasteiger partial charge in [-0.3, -0.25) is 24.0 Å². The second-order valence-corrected chi connectivity index (χ2v) is 9.14. The molecule has 2 heterocycles. The number of fused-ring (bicyclic) bond motifs is 1. The maximum absolute atomic E-state index is 13.7. The van der Waals surface area contributed by atoms with Crippen LogP contribution in [0, 0.1) is 5.82 Å². The number of methoxy groups -OCH3 is 1. The van der Waals surface area contributed by atoms with Gasteiger partial charge in [0.25, 0.3) is 17.6 Å². The molecule has 0 radical (unpaired) electrons. The standard InChI is InChI=1S/C26H30FN5O4/c1-15-12-31(16(2)11-30(15)13-17-5-7-18(27)8-6-17)26(35)20-9-19-21(24(33)25(34)29-3)14-32(28)22(19)10-23(20)36-4/h5-10,14-16H,11-13,28H2,1-4H3,(H,29,34)/t15-,16+/m0/s1. The number of nitrogens with zero attached hydrogens (tertiary/aromatic N) is 3. The van der Waals surface area contributed by atoms with Gasteiger partial charge in [-0.1, -0.05) is 12.1 Å². The number of carbonyl (C=O) groups excluding carboxylic acids is 3. The van der Waals surface area contributed by atoms with Gasteiger partial charge in [0.2, 0.25) is 0 Å². The number of ketones is 1. The quantitative estimate of drug-likeness (QED) is 0.308. The third kappa shape index (κ3) is 4.64. The van der Waals surface area contributed by atoms with Gasteiger partial charge in [0.1, 0.15) is 11.6 Å². The molecule has 3 aromatic rings. The van der Waals surface area contributed by atoms with Crippen LogP contribution in [0.25, 0.3) is 10.9 Å². The van der Waals surface area contributed by atoms with E-state index in [4.69, 9.17) is 10.6 Å². The number of Topliss-reactive ketones (excluding diaryl/α,β-unsaturated/α-hetero) is 1. The molecule has 0 saturated carbocycles. The molecule has 0 spiro atoms. The first-order valence-electron chi connectivity index (χ1n) is 11.7. The molecule has 3 N–H and O–H groups in total. The number of halogens is 1. The average molecular weight is 496 g/mol. The SMILES string of the molecule is CNC(=O)C(=O)c1cn(N)c2cc(OC)c(C(=O)N3C[C@H](C)N(Cc4ccc(F)cc4)C[C@H]3C)cc12. The summed E-state index contributed by atoms with van der Waals surface area (Å²) in [5.74, 6) is 4.33. The van der Waals surface area contributed by atoms with E-state index in [2.05, 4.69) is 10.2 Å². The predicted molar refractivity (Wildman–Crippen MR) is 134 cm³/mol. The van der Waals surface area contributed by atoms with Gasteiger partial charge in [-0.2, -0.15) is 0 Å². The molecule has 0 aliphatic carbocycles. The first-order valence-corrected chi connectivity index (χ1v) is 11.7. The highest BCUT2D eigenvalue weighted by atomic mass is 19.1. The summed E-state index contributed by atoms with van der Waals surface area (Å²) in [5.41, 5.74) is 1.85. The highest BCUT2D eigenvalue weighted by Crippen LogP contribution is 2.31. The van der Waals surface area contributed by atoms with E-state index >= 15 is 0 Å². The van der Waals surface area contributed by atoms with E-state index in [1.165, 1.54) is 37.2 Å². The van der Waals surface area contributed by atoms with Crippen LogP contribution in [0.4, 0.5) is 4.39 Å². The van der Waals surface area contributed by atoms with Crippen LogP contribution >= 0.6 is 0 Å². The van der Waals surface area contributed by atoms with Gasteiger partial charge < -0.3 is 20.8 Å². The minimum Gasteiger partial charge on any atom is -0.496 e. The highest BCUT2D eigenvalue weighted by Gasteiger charge is 2.34. The molecule has 2 atom stereocenters. The second-order valence-electron chi connectivity index (χ2n) is 9.14. The lowest BCUT2D eigenvalue weighted by Gasteiger charge is -2.44. The Bertz CT molecular complexity index is 1320. The molecular formula is C26H30FN5O4. The predicted octanol–water partition coefficient (Wildman–Crippen LogP) is 2.17. The Balaban J connectivity index is 1.63. The zero-order valence-corrected chi connectivity index (χ0v) is 20.7. The second kappa shape index (κ2) is 9.98. The number of ether oxygens (including phenoxy) is 1. The lowest BCUT2D eigenvalue weighted by Crippen LogP contribution is -2.57. The zero-order chi connectivity index (χ0) is 26.1. The smallest absolute Gasteiger partial charge is 0.292 e. The summed E-state index contributed by atoms with van der Waals surface area (Å²) >= 11 is 0. The molecular weight excluding hydrogens is 465 g/mol. The number of rotatable bonds is 6. The van der Waals surface area contributed by atoms with Gasteiger partial charge in [-0.05, 0) is 37.6 Å². The Kier molecular flexibility index (Phi) is 6.98. The molecule has 1 saturated heterocycles. The van der Waals surface area contributed by atoms with E-state index < -0.39 is 11.7 Å². The molecule has 0 unspecified atom stereocenters. The molecule has 2 amide bonds. The molecule has 0 bridgehead atoms. The van der Waals surface area contributed by atoms with Crippen LogP contribution in [0.1, 0.15) is 40.1 Å². The van der Waals surface area contributed by atoms with Crippen molar-refractivity contribution in [2.24, 2.45) is 0 Å². The Labute approximate surface area is 208 Å². The van der Waals surface area contributed by atoms with Crippen molar-refractivity contribution in [1.82, 2.24) is 19.8 Å². The number of likely N-dealkylation sites (N-methyl/N-ethyl adjacent to an activating group) is 1. The Morgan fingerprint density at radius 2 is 1.78 bits per heavy atom. The van der Waals surface area contributed by atoms with Crippen molar-refractivity contribution in [3.8, 4) is 5.75 Å². The molecule has 4 rings (SSSR count). The normalized spacial score (nSPS) is 18.3.